The first-order valence-corrected chi connectivity index (χ1v) is 7.49. The molecule has 0 aromatic heterocycles. The number of carboxylic acids is 1. The molecular formula is C18H19NO4. The van der Waals surface area contributed by atoms with Gasteiger partial charge < -0.3 is 15.2 Å². The molecule has 0 atom stereocenters. The van der Waals surface area contributed by atoms with Gasteiger partial charge in [0.15, 0.2) is 0 Å². The average molecular weight is 313 g/mol. The number of unbranched alkanes of at least 4 members (excludes halogenated alkanes) is 1. The molecule has 0 saturated heterocycles. The van der Waals surface area contributed by atoms with Crippen molar-refractivity contribution in [3.05, 3.63) is 59.7 Å². The van der Waals surface area contributed by atoms with Crippen molar-refractivity contribution in [2.24, 2.45) is 0 Å². The highest BCUT2D eigenvalue weighted by Gasteiger charge is 2.18. The lowest BCUT2D eigenvalue weighted by Gasteiger charge is -2.14. The molecule has 5 heteroatoms. The maximum absolute atomic E-state index is 12.3. The molecule has 0 aliphatic rings. The number of nitrogens with one attached hydrogen (secondary N) is 1. The number of hydrogen-bond acceptors (Lipinski definition) is 3. The van der Waals surface area contributed by atoms with Gasteiger partial charge in [-0.25, -0.2) is 4.79 Å². The molecule has 120 valence electrons. The van der Waals surface area contributed by atoms with Crippen LogP contribution in [0.3, 0.4) is 0 Å². The summed E-state index contributed by atoms with van der Waals surface area (Å²) >= 11 is 0. The Hall–Kier alpha value is -2.82. The first-order chi connectivity index (χ1) is 11.1. The summed E-state index contributed by atoms with van der Waals surface area (Å²) in [6, 6.07) is 13.3. The minimum Gasteiger partial charge on any atom is -0.491 e. The van der Waals surface area contributed by atoms with Gasteiger partial charge in [-0.15, -0.1) is 0 Å². The van der Waals surface area contributed by atoms with Gasteiger partial charge in [-0.3, -0.25) is 4.79 Å². The van der Waals surface area contributed by atoms with E-state index in [9.17, 15) is 14.7 Å². The number of amides is 1. The quantitative estimate of drug-likeness (QED) is 0.762. The largest absolute Gasteiger partial charge is 0.491 e. The minimum atomic E-state index is -1.12. The average Bonchev–Trinajstić information content (AvgIpc) is 2.56. The third-order valence-corrected chi connectivity index (χ3v) is 3.29. The third kappa shape index (κ3) is 4.32. The Labute approximate surface area is 134 Å². The Bertz CT molecular complexity index is 683. The number of carbonyl (C=O) groups excluding carboxylic acids is 1. The normalized spacial score (nSPS) is 10.1. The van der Waals surface area contributed by atoms with E-state index in [0.717, 1.165) is 12.8 Å². The van der Waals surface area contributed by atoms with E-state index in [0.29, 0.717) is 17.9 Å². The Morgan fingerprint density at radius 3 is 2.48 bits per heavy atom. The second kappa shape index (κ2) is 7.98. The molecule has 1 amide bonds. The summed E-state index contributed by atoms with van der Waals surface area (Å²) in [6.07, 6.45) is 1.81. The van der Waals surface area contributed by atoms with Crippen molar-refractivity contribution in [2.45, 2.75) is 19.8 Å². The monoisotopic (exact) mass is 313 g/mol. The molecule has 2 rings (SSSR count). The lowest BCUT2D eigenvalue weighted by atomic mass is 10.1. The van der Waals surface area contributed by atoms with Crippen LogP contribution < -0.4 is 10.1 Å². The first-order valence-electron chi connectivity index (χ1n) is 7.49. The van der Waals surface area contributed by atoms with Gasteiger partial charge in [0.05, 0.1) is 17.9 Å². The fourth-order valence-corrected chi connectivity index (χ4v) is 2.06. The van der Waals surface area contributed by atoms with Gasteiger partial charge >= 0.3 is 5.97 Å². The summed E-state index contributed by atoms with van der Waals surface area (Å²) in [5.74, 6) is -1.13. The van der Waals surface area contributed by atoms with Crippen molar-refractivity contribution in [2.75, 3.05) is 11.9 Å². The summed E-state index contributed by atoms with van der Waals surface area (Å²) in [5, 5.41) is 12.0. The van der Waals surface area contributed by atoms with E-state index >= 15 is 0 Å². The van der Waals surface area contributed by atoms with Crippen molar-refractivity contribution < 1.29 is 19.4 Å². The molecule has 2 aromatic carbocycles. The van der Waals surface area contributed by atoms with E-state index in [-0.39, 0.29) is 17.2 Å². The fraction of sp³-hybridized carbons (Fsp3) is 0.222. The fourth-order valence-electron chi connectivity index (χ4n) is 2.06. The van der Waals surface area contributed by atoms with E-state index < -0.39 is 5.97 Å². The number of benzene rings is 2. The van der Waals surface area contributed by atoms with Gasteiger partial charge in [0, 0.05) is 5.56 Å². The molecule has 5 nitrogen and oxygen atoms in total. The summed E-state index contributed by atoms with van der Waals surface area (Å²) in [4.78, 5) is 23.7. The van der Waals surface area contributed by atoms with Crippen LogP contribution in [-0.2, 0) is 0 Å². The lowest BCUT2D eigenvalue weighted by molar-refractivity contribution is 0.0697. The highest BCUT2D eigenvalue weighted by molar-refractivity contribution is 6.08. The third-order valence-electron chi connectivity index (χ3n) is 3.29. The number of ether oxygens (including phenoxy) is 1. The Morgan fingerprint density at radius 1 is 1.09 bits per heavy atom. The van der Waals surface area contributed by atoms with Gasteiger partial charge in [0.25, 0.3) is 5.91 Å². The number of carboxylic acid groups (broad SMARTS) is 1. The summed E-state index contributed by atoms with van der Waals surface area (Å²) in [5.41, 5.74) is 0.639. The molecule has 0 spiro atoms. The summed E-state index contributed by atoms with van der Waals surface area (Å²) in [7, 11) is 0. The van der Waals surface area contributed by atoms with Gasteiger partial charge in [-0.2, -0.15) is 0 Å². The van der Waals surface area contributed by atoms with Crippen LogP contribution in [-0.4, -0.2) is 23.6 Å². The smallest absolute Gasteiger partial charge is 0.337 e. The second-order valence-electron chi connectivity index (χ2n) is 5.01. The predicted molar refractivity (Wildman–Crippen MR) is 88.2 cm³/mol. The minimum absolute atomic E-state index is 0.00304. The lowest BCUT2D eigenvalue weighted by Crippen LogP contribution is -2.16. The Morgan fingerprint density at radius 2 is 1.83 bits per heavy atom. The van der Waals surface area contributed by atoms with Gasteiger partial charge in [-0.1, -0.05) is 37.6 Å². The maximum atomic E-state index is 12.3. The molecule has 2 aromatic rings. The number of carbonyl (C=O) groups is 2. The number of hydrogen-bond donors (Lipinski definition) is 2. The molecular weight excluding hydrogens is 294 g/mol. The first kappa shape index (κ1) is 16.5. The topological polar surface area (TPSA) is 75.6 Å². The highest BCUT2D eigenvalue weighted by Crippen LogP contribution is 2.29. The van der Waals surface area contributed by atoms with Crippen LogP contribution in [0.15, 0.2) is 48.5 Å². The van der Waals surface area contributed by atoms with Crippen LogP contribution in [0.1, 0.15) is 40.5 Å². The van der Waals surface area contributed by atoms with Crippen molar-refractivity contribution >= 4 is 17.6 Å². The molecule has 0 bridgehead atoms. The van der Waals surface area contributed by atoms with Crippen molar-refractivity contribution in [1.29, 1.82) is 0 Å². The molecule has 0 aliphatic heterocycles. The molecule has 0 heterocycles. The van der Waals surface area contributed by atoms with Crippen LogP contribution in [0, 0.1) is 0 Å². The standard InChI is InChI=1S/C18H19NO4/c1-2-3-12-23-15-11-7-10-14(18(21)22)16(15)19-17(20)13-8-5-4-6-9-13/h4-11H,2-3,12H2,1H3,(H,19,20)(H,21,22). The van der Waals surface area contributed by atoms with E-state index in [2.05, 4.69) is 5.32 Å². The highest BCUT2D eigenvalue weighted by atomic mass is 16.5. The second-order valence-corrected chi connectivity index (χ2v) is 5.01. The zero-order chi connectivity index (χ0) is 16.7. The molecule has 0 unspecified atom stereocenters. The molecule has 0 radical (unpaired) electrons. The van der Waals surface area contributed by atoms with Crippen molar-refractivity contribution in [3.63, 3.8) is 0 Å². The van der Waals surface area contributed by atoms with Crippen molar-refractivity contribution in [3.8, 4) is 5.75 Å². The SMILES string of the molecule is CCCCOc1cccc(C(=O)O)c1NC(=O)c1ccccc1. The van der Waals surface area contributed by atoms with E-state index in [1.165, 1.54) is 6.07 Å². The van der Waals surface area contributed by atoms with Crippen LogP contribution >= 0.6 is 0 Å². The zero-order valence-corrected chi connectivity index (χ0v) is 12.9. The van der Waals surface area contributed by atoms with E-state index in [1.54, 1.807) is 42.5 Å². The summed E-state index contributed by atoms with van der Waals surface area (Å²) in [6.45, 7) is 2.50. The zero-order valence-electron chi connectivity index (χ0n) is 12.9. The molecule has 23 heavy (non-hydrogen) atoms. The predicted octanol–water partition coefficient (Wildman–Crippen LogP) is 3.82. The number of para-hydroxylation sites is 1. The number of anilines is 1. The van der Waals surface area contributed by atoms with E-state index in [1.807, 2.05) is 6.92 Å². The van der Waals surface area contributed by atoms with Crippen LogP contribution in [0.4, 0.5) is 5.69 Å². The van der Waals surface area contributed by atoms with E-state index in [4.69, 9.17) is 4.74 Å². The molecule has 0 aliphatic carbocycles. The number of rotatable bonds is 7. The van der Waals surface area contributed by atoms with Crippen LogP contribution in [0.2, 0.25) is 0 Å². The van der Waals surface area contributed by atoms with Gasteiger partial charge in [-0.05, 0) is 30.7 Å². The summed E-state index contributed by atoms with van der Waals surface area (Å²) < 4.78 is 5.63. The molecule has 0 fully saturated rings. The Kier molecular flexibility index (Phi) is 5.74. The molecule has 0 saturated carbocycles. The van der Waals surface area contributed by atoms with Gasteiger partial charge in [0.2, 0.25) is 0 Å². The number of aromatic carboxylic acids is 1. The van der Waals surface area contributed by atoms with Crippen molar-refractivity contribution in [1.82, 2.24) is 0 Å². The van der Waals surface area contributed by atoms with Crippen LogP contribution in [0.5, 0.6) is 5.75 Å². The molecule has 2 N–H and O–H groups in total. The van der Waals surface area contributed by atoms with Crippen LogP contribution in [0.25, 0.3) is 0 Å². The Balaban J connectivity index is 2.30. The maximum Gasteiger partial charge on any atom is 0.337 e. The van der Waals surface area contributed by atoms with Gasteiger partial charge in [0.1, 0.15) is 5.75 Å².